The predicted molar refractivity (Wildman–Crippen MR) is 126 cm³/mol. The van der Waals surface area contributed by atoms with Crippen molar-refractivity contribution >= 4 is 45.1 Å². The Hall–Kier alpha value is -3.71. The lowest BCUT2D eigenvalue weighted by Crippen LogP contribution is -2.26. The molecule has 1 atom stereocenters. The van der Waals surface area contributed by atoms with Crippen molar-refractivity contribution in [2.45, 2.75) is 19.9 Å². The number of benzene rings is 1. The summed E-state index contributed by atoms with van der Waals surface area (Å²) in [5.41, 5.74) is 2.61. The molecule has 0 fully saturated rings. The quantitative estimate of drug-likeness (QED) is 0.414. The van der Waals surface area contributed by atoms with Gasteiger partial charge in [-0.05, 0) is 37.4 Å². The molecule has 0 unspecified atom stereocenters. The van der Waals surface area contributed by atoms with Crippen LogP contribution in [0.3, 0.4) is 0 Å². The van der Waals surface area contributed by atoms with E-state index in [0.29, 0.717) is 27.4 Å². The summed E-state index contributed by atoms with van der Waals surface area (Å²) >= 11 is 6.38. The molecule has 0 amide bonds. The predicted octanol–water partition coefficient (Wildman–Crippen LogP) is 5.10. The van der Waals surface area contributed by atoms with Crippen LogP contribution in [0.15, 0.2) is 72.6 Å². The molecular formula is C23H21ClN6O. The van der Waals surface area contributed by atoms with Gasteiger partial charge in [-0.15, -0.1) is 0 Å². The molecule has 4 aromatic rings. The third-order valence-corrected chi connectivity index (χ3v) is 5.29. The first-order valence-electron chi connectivity index (χ1n) is 9.72. The molecule has 0 spiro atoms. The maximum Gasteiger partial charge on any atom is 0.264 e. The third kappa shape index (κ3) is 3.87. The number of aromatic nitrogens is 5. The molecule has 1 aromatic carbocycles. The van der Waals surface area contributed by atoms with Gasteiger partial charge in [-0.2, -0.15) is 0 Å². The number of hydrogen-bond acceptors (Lipinski definition) is 5. The van der Waals surface area contributed by atoms with Gasteiger partial charge in [0.15, 0.2) is 11.5 Å². The zero-order chi connectivity index (χ0) is 22.0. The second-order valence-electron chi connectivity index (χ2n) is 7.03. The van der Waals surface area contributed by atoms with Crippen LogP contribution >= 0.6 is 11.6 Å². The van der Waals surface area contributed by atoms with E-state index in [0.717, 1.165) is 16.8 Å². The lowest BCUT2D eigenvalue weighted by molar-refractivity contribution is 0.780. The topological polar surface area (TPSA) is 88.5 Å². The van der Waals surface area contributed by atoms with E-state index in [-0.39, 0.29) is 11.6 Å². The van der Waals surface area contributed by atoms with E-state index in [1.54, 1.807) is 29.1 Å². The zero-order valence-corrected chi connectivity index (χ0v) is 17.9. The van der Waals surface area contributed by atoms with E-state index in [4.69, 9.17) is 11.6 Å². The van der Waals surface area contributed by atoms with Crippen LogP contribution in [-0.2, 0) is 0 Å². The molecule has 0 radical (unpaired) electrons. The number of fused-ring (bicyclic) bond motifs is 2. The highest BCUT2D eigenvalue weighted by molar-refractivity contribution is 6.35. The van der Waals surface area contributed by atoms with Gasteiger partial charge in [0.1, 0.15) is 11.8 Å². The Bertz CT molecular complexity index is 1400. The summed E-state index contributed by atoms with van der Waals surface area (Å²) in [6.45, 7) is 7.53. The molecule has 3 heterocycles. The molecule has 31 heavy (non-hydrogen) atoms. The molecule has 0 aliphatic heterocycles. The van der Waals surface area contributed by atoms with Crippen molar-refractivity contribution in [2.24, 2.45) is 0 Å². The van der Waals surface area contributed by atoms with E-state index < -0.39 is 0 Å². The number of hydrogen-bond donors (Lipinski definition) is 2. The summed E-state index contributed by atoms with van der Waals surface area (Å²) < 4.78 is 1.67. The molecule has 3 aromatic heterocycles. The number of rotatable bonds is 6. The summed E-state index contributed by atoms with van der Waals surface area (Å²) in [5.74, 6) is 0.581. The SMILES string of the molecule is C=C/C=C\C=C(/C)n1c([C@H](C)Nc2ncnc3[nH]cnc23)cc2cccc(Cl)c2c1=O. The van der Waals surface area contributed by atoms with Gasteiger partial charge < -0.3 is 10.3 Å². The van der Waals surface area contributed by atoms with Crippen molar-refractivity contribution in [3.05, 3.63) is 88.9 Å². The van der Waals surface area contributed by atoms with Crippen LogP contribution in [-0.4, -0.2) is 24.5 Å². The van der Waals surface area contributed by atoms with Gasteiger partial charge in [-0.3, -0.25) is 9.36 Å². The lowest BCUT2D eigenvalue weighted by atomic mass is 10.1. The third-order valence-electron chi connectivity index (χ3n) is 4.98. The number of imidazole rings is 1. The molecule has 0 bridgehead atoms. The maximum atomic E-state index is 13.5. The Morgan fingerprint density at radius 2 is 2.13 bits per heavy atom. The van der Waals surface area contributed by atoms with Crippen molar-refractivity contribution < 1.29 is 0 Å². The maximum absolute atomic E-state index is 13.5. The fourth-order valence-corrected chi connectivity index (χ4v) is 3.78. The lowest BCUT2D eigenvalue weighted by Gasteiger charge is -2.21. The van der Waals surface area contributed by atoms with E-state index >= 15 is 0 Å². The van der Waals surface area contributed by atoms with Gasteiger partial charge in [0.05, 0.1) is 22.8 Å². The van der Waals surface area contributed by atoms with Crippen LogP contribution in [0.2, 0.25) is 5.02 Å². The fourth-order valence-electron chi connectivity index (χ4n) is 3.52. The molecule has 0 aliphatic carbocycles. The largest absolute Gasteiger partial charge is 0.360 e. The van der Waals surface area contributed by atoms with Crippen molar-refractivity contribution in [3.8, 4) is 0 Å². The van der Waals surface area contributed by atoms with Crippen LogP contribution in [0.1, 0.15) is 25.6 Å². The van der Waals surface area contributed by atoms with Crippen LogP contribution in [0.4, 0.5) is 5.82 Å². The molecule has 2 N–H and O–H groups in total. The highest BCUT2D eigenvalue weighted by Gasteiger charge is 2.19. The Morgan fingerprint density at radius 1 is 1.29 bits per heavy atom. The number of nitrogens with one attached hydrogen (secondary N) is 2. The zero-order valence-electron chi connectivity index (χ0n) is 17.1. The van der Waals surface area contributed by atoms with E-state index in [1.165, 1.54) is 6.33 Å². The summed E-state index contributed by atoms with van der Waals surface area (Å²) in [5, 5.41) is 5.05. The first-order chi connectivity index (χ1) is 15.0. The first-order valence-corrected chi connectivity index (χ1v) is 10.1. The van der Waals surface area contributed by atoms with Gasteiger partial charge in [0.25, 0.3) is 5.56 Å². The molecule has 7 nitrogen and oxygen atoms in total. The number of anilines is 1. The second kappa shape index (κ2) is 8.57. The molecule has 0 saturated heterocycles. The summed E-state index contributed by atoms with van der Waals surface area (Å²) in [4.78, 5) is 29.3. The number of H-pyrrole nitrogens is 1. The monoisotopic (exact) mass is 432 g/mol. The minimum absolute atomic E-state index is 0.180. The molecule has 8 heteroatoms. The van der Waals surface area contributed by atoms with Crippen LogP contribution in [0, 0.1) is 0 Å². The van der Waals surface area contributed by atoms with Gasteiger partial charge in [-0.1, -0.05) is 48.5 Å². The van der Waals surface area contributed by atoms with Crippen molar-refractivity contribution in [3.63, 3.8) is 0 Å². The van der Waals surface area contributed by atoms with E-state index in [1.807, 2.05) is 44.2 Å². The van der Waals surface area contributed by atoms with Crippen molar-refractivity contribution in [2.75, 3.05) is 5.32 Å². The van der Waals surface area contributed by atoms with Gasteiger partial charge in [-0.25, -0.2) is 15.0 Å². The second-order valence-corrected chi connectivity index (χ2v) is 7.44. The number of allylic oxidation sites excluding steroid dienone is 5. The number of nitrogens with zero attached hydrogens (tertiary/aromatic N) is 4. The van der Waals surface area contributed by atoms with E-state index in [2.05, 4.69) is 31.8 Å². The molecule has 0 saturated carbocycles. The highest BCUT2D eigenvalue weighted by atomic mass is 35.5. The molecule has 156 valence electrons. The number of aromatic amines is 1. The summed E-state index contributed by atoms with van der Waals surface area (Å²) in [7, 11) is 0. The first kappa shape index (κ1) is 20.6. The van der Waals surface area contributed by atoms with Crippen LogP contribution in [0.25, 0.3) is 27.6 Å². The number of pyridine rings is 1. The minimum Gasteiger partial charge on any atom is -0.360 e. The van der Waals surface area contributed by atoms with Crippen molar-refractivity contribution in [1.82, 2.24) is 24.5 Å². The van der Waals surface area contributed by atoms with Crippen molar-refractivity contribution in [1.29, 1.82) is 0 Å². The Labute approximate surface area is 183 Å². The standard InChI is InChI=1S/C23H21ClN6O/c1-4-5-6-8-14(2)30-18(11-16-9-7-10-17(24)19(16)23(30)31)15(3)29-22-20-21(26-12-25-20)27-13-28-22/h4-13,15H,1H2,2-3H3,(H2,25,26,27,28,29)/b6-5-,14-8+/t15-/m0/s1. The Kier molecular flexibility index (Phi) is 5.68. The van der Waals surface area contributed by atoms with Gasteiger partial charge in [0.2, 0.25) is 0 Å². The van der Waals surface area contributed by atoms with Gasteiger partial charge >= 0.3 is 0 Å². The van der Waals surface area contributed by atoms with E-state index in [9.17, 15) is 4.79 Å². The smallest absolute Gasteiger partial charge is 0.264 e. The molecule has 0 aliphatic rings. The summed E-state index contributed by atoms with van der Waals surface area (Å²) in [6, 6.07) is 7.15. The normalized spacial score (nSPS) is 13.2. The average Bonchev–Trinajstić information content (AvgIpc) is 3.23. The molecule has 4 rings (SSSR count). The van der Waals surface area contributed by atoms with Crippen LogP contribution < -0.4 is 10.9 Å². The number of halogens is 1. The molecular weight excluding hydrogens is 412 g/mol. The Balaban J connectivity index is 1.89. The summed E-state index contributed by atoms with van der Waals surface area (Å²) in [6.07, 6.45) is 10.2. The Morgan fingerprint density at radius 3 is 2.94 bits per heavy atom. The average molecular weight is 433 g/mol. The van der Waals surface area contributed by atoms with Gasteiger partial charge in [0, 0.05) is 11.4 Å². The highest BCUT2D eigenvalue weighted by Crippen LogP contribution is 2.27. The fraction of sp³-hybridized carbons (Fsp3) is 0.130. The van der Waals surface area contributed by atoms with Crippen LogP contribution in [0.5, 0.6) is 0 Å². The minimum atomic E-state index is -0.266.